The van der Waals surface area contributed by atoms with Crippen molar-refractivity contribution < 1.29 is 24.2 Å². The smallest absolute Gasteiger partial charge is 0.407 e. The van der Waals surface area contributed by atoms with Gasteiger partial charge in [0.2, 0.25) is 5.91 Å². The molecule has 0 bridgehead atoms. The van der Waals surface area contributed by atoms with E-state index in [9.17, 15) is 19.5 Å². The molecule has 7 nitrogen and oxygen atoms in total. The van der Waals surface area contributed by atoms with Crippen LogP contribution in [0.2, 0.25) is 0 Å². The van der Waals surface area contributed by atoms with E-state index in [0.717, 1.165) is 5.56 Å². The fraction of sp³-hybridized carbons (Fsp3) is 0.526. The lowest BCUT2D eigenvalue weighted by Gasteiger charge is -2.40. The number of carboxylic acid groups (broad SMARTS) is 1. The largest absolute Gasteiger partial charge is 0.465 e. The van der Waals surface area contributed by atoms with Crippen LogP contribution in [0.5, 0.6) is 0 Å². The Morgan fingerprint density at radius 2 is 1.69 bits per heavy atom. The number of likely N-dealkylation sites (tertiary alicyclic amines) is 1. The van der Waals surface area contributed by atoms with E-state index in [-0.39, 0.29) is 19.1 Å². The number of nitrogens with zero attached hydrogens (tertiary/aromatic N) is 1. The Kier molecular flexibility index (Phi) is 5.59. The van der Waals surface area contributed by atoms with Crippen molar-refractivity contribution in [2.24, 2.45) is 11.1 Å². The second-order valence-electron chi connectivity index (χ2n) is 7.79. The molecule has 1 aromatic carbocycles. The van der Waals surface area contributed by atoms with Gasteiger partial charge in [-0.3, -0.25) is 9.59 Å². The number of carbonyl (C=O) groups is 3. The van der Waals surface area contributed by atoms with Crippen LogP contribution in [0.1, 0.15) is 49.5 Å². The van der Waals surface area contributed by atoms with Crippen molar-refractivity contribution in [3.8, 4) is 0 Å². The molecule has 0 unspecified atom stereocenters. The van der Waals surface area contributed by atoms with E-state index in [1.54, 1.807) is 24.3 Å². The maximum atomic E-state index is 12.9. The maximum absolute atomic E-state index is 12.9. The molecule has 1 aliphatic heterocycles. The molecule has 26 heavy (non-hydrogen) atoms. The minimum absolute atomic E-state index is 0.286. The van der Waals surface area contributed by atoms with Crippen molar-refractivity contribution >= 4 is 18.0 Å². The van der Waals surface area contributed by atoms with Gasteiger partial charge in [-0.05, 0) is 57.7 Å². The van der Waals surface area contributed by atoms with Gasteiger partial charge in [0.1, 0.15) is 5.60 Å². The van der Waals surface area contributed by atoms with Crippen molar-refractivity contribution in [1.82, 2.24) is 4.90 Å². The van der Waals surface area contributed by atoms with Crippen LogP contribution in [0.4, 0.5) is 4.79 Å². The Hall–Kier alpha value is -2.57. The molecule has 2 amide bonds. The van der Waals surface area contributed by atoms with E-state index in [1.807, 2.05) is 20.8 Å². The molecule has 1 aromatic rings. The monoisotopic (exact) mass is 362 g/mol. The number of nitrogens with two attached hydrogens (primary N) is 1. The molecular weight excluding hydrogens is 336 g/mol. The predicted octanol–water partition coefficient (Wildman–Crippen LogP) is 2.43. The van der Waals surface area contributed by atoms with Crippen molar-refractivity contribution in [1.29, 1.82) is 0 Å². The second kappa shape index (κ2) is 7.35. The molecule has 2 rings (SSSR count). The molecule has 0 saturated carbocycles. The van der Waals surface area contributed by atoms with Crippen LogP contribution in [0.3, 0.4) is 0 Å². The Morgan fingerprint density at radius 1 is 1.15 bits per heavy atom. The van der Waals surface area contributed by atoms with Gasteiger partial charge >= 0.3 is 12.1 Å². The summed E-state index contributed by atoms with van der Waals surface area (Å²) < 4.78 is 5.63. The standard InChI is InChI=1S/C19H26N2O5/c1-18(2,3)26-16(23)19(8-10-21(11-9-19)17(24)25)12-13-4-6-14(7-5-13)15(20)22/h4-7H,8-12H2,1-3H3,(H2,20,22)(H,24,25). The number of esters is 1. The van der Waals surface area contributed by atoms with Crippen molar-refractivity contribution in [3.05, 3.63) is 35.4 Å². The summed E-state index contributed by atoms with van der Waals surface area (Å²) in [4.78, 5) is 36.7. The van der Waals surface area contributed by atoms with Gasteiger partial charge < -0.3 is 20.5 Å². The first-order valence-electron chi connectivity index (χ1n) is 8.62. The summed E-state index contributed by atoms with van der Waals surface area (Å²) in [5.41, 5.74) is 5.14. The molecule has 7 heteroatoms. The number of benzene rings is 1. The Bertz CT molecular complexity index is 683. The van der Waals surface area contributed by atoms with E-state index in [0.29, 0.717) is 24.8 Å². The lowest BCUT2D eigenvalue weighted by Crippen LogP contribution is -2.49. The predicted molar refractivity (Wildman–Crippen MR) is 95.8 cm³/mol. The summed E-state index contributed by atoms with van der Waals surface area (Å²) in [6.07, 6.45) is 0.236. The average Bonchev–Trinajstić information content (AvgIpc) is 2.54. The highest BCUT2D eigenvalue weighted by molar-refractivity contribution is 5.92. The minimum Gasteiger partial charge on any atom is -0.465 e. The normalized spacial score (nSPS) is 16.8. The van der Waals surface area contributed by atoms with Crippen molar-refractivity contribution in [2.45, 2.75) is 45.6 Å². The molecule has 1 saturated heterocycles. The molecule has 1 aliphatic rings. The Morgan fingerprint density at radius 3 is 2.12 bits per heavy atom. The Balaban J connectivity index is 2.24. The number of hydrogen-bond acceptors (Lipinski definition) is 4. The first-order valence-corrected chi connectivity index (χ1v) is 8.62. The van der Waals surface area contributed by atoms with Gasteiger partial charge in [0.05, 0.1) is 5.41 Å². The van der Waals surface area contributed by atoms with Crippen LogP contribution in [0.25, 0.3) is 0 Å². The summed E-state index contributed by atoms with van der Waals surface area (Å²) >= 11 is 0. The van der Waals surface area contributed by atoms with Gasteiger partial charge in [-0.1, -0.05) is 12.1 Å². The van der Waals surface area contributed by atoms with Crippen LogP contribution in [0, 0.1) is 5.41 Å². The van der Waals surface area contributed by atoms with E-state index in [2.05, 4.69) is 0 Å². The third-order valence-corrected chi connectivity index (χ3v) is 4.60. The van der Waals surface area contributed by atoms with Crippen molar-refractivity contribution in [3.63, 3.8) is 0 Å². The zero-order valence-corrected chi connectivity index (χ0v) is 15.4. The van der Waals surface area contributed by atoms with E-state index in [1.165, 1.54) is 4.90 Å². The third-order valence-electron chi connectivity index (χ3n) is 4.60. The van der Waals surface area contributed by atoms with Crippen LogP contribution in [-0.2, 0) is 16.0 Å². The van der Waals surface area contributed by atoms with Gasteiger partial charge in [0, 0.05) is 18.7 Å². The quantitative estimate of drug-likeness (QED) is 0.799. The lowest BCUT2D eigenvalue weighted by atomic mass is 9.73. The minimum atomic E-state index is -0.978. The second-order valence-corrected chi connectivity index (χ2v) is 7.79. The van der Waals surface area contributed by atoms with Gasteiger partial charge in [-0.2, -0.15) is 0 Å². The molecular formula is C19H26N2O5. The highest BCUT2D eigenvalue weighted by Gasteiger charge is 2.44. The first kappa shape index (κ1) is 19.8. The highest BCUT2D eigenvalue weighted by Crippen LogP contribution is 2.38. The number of piperidine rings is 1. The molecule has 0 aromatic heterocycles. The van der Waals surface area contributed by atoms with Crippen LogP contribution < -0.4 is 5.73 Å². The number of amides is 2. The SMILES string of the molecule is CC(C)(C)OC(=O)C1(Cc2ccc(C(N)=O)cc2)CCN(C(=O)O)CC1. The molecule has 0 radical (unpaired) electrons. The van der Waals surface area contributed by atoms with Crippen LogP contribution >= 0.6 is 0 Å². The highest BCUT2D eigenvalue weighted by atomic mass is 16.6. The van der Waals surface area contributed by atoms with Gasteiger partial charge in [0.25, 0.3) is 0 Å². The summed E-state index contributed by atoms with van der Waals surface area (Å²) in [7, 11) is 0. The van der Waals surface area contributed by atoms with E-state index >= 15 is 0 Å². The molecule has 142 valence electrons. The van der Waals surface area contributed by atoms with Crippen LogP contribution in [-0.4, -0.2) is 46.7 Å². The molecule has 1 heterocycles. The summed E-state index contributed by atoms with van der Waals surface area (Å²) in [6.45, 7) is 6.01. The first-order chi connectivity index (χ1) is 12.0. The number of ether oxygens (including phenoxy) is 1. The van der Waals surface area contributed by atoms with Gasteiger partial charge in [-0.15, -0.1) is 0 Å². The molecule has 1 fully saturated rings. The number of carbonyl (C=O) groups excluding carboxylic acids is 2. The summed E-state index contributed by atoms with van der Waals surface area (Å²) in [6, 6.07) is 6.81. The fourth-order valence-corrected chi connectivity index (χ4v) is 3.14. The topological polar surface area (TPSA) is 110 Å². The number of primary amides is 1. The summed E-state index contributed by atoms with van der Waals surface area (Å²) in [5.74, 6) is -0.817. The average molecular weight is 362 g/mol. The van der Waals surface area contributed by atoms with Gasteiger partial charge in [-0.25, -0.2) is 4.79 Å². The summed E-state index contributed by atoms with van der Waals surface area (Å²) in [5, 5.41) is 9.17. The number of rotatable bonds is 4. The molecule has 0 spiro atoms. The molecule has 3 N–H and O–H groups in total. The molecule has 0 aliphatic carbocycles. The van der Waals surface area contributed by atoms with Crippen molar-refractivity contribution in [2.75, 3.05) is 13.1 Å². The zero-order valence-electron chi connectivity index (χ0n) is 15.4. The molecule has 0 atom stereocenters. The fourth-order valence-electron chi connectivity index (χ4n) is 3.14. The Labute approximate surface area is 153 Å². The number of hydrogen-bond donors (Lipinski definition) is 2. The maximum Gasteiger partial charge on any atom is 0.407 e. The third kappa shape index (κ3) is 4.74. The zero-order chi connectivity index (χ0) is 19.5. The van der Waals surface area contributed by atoms with E-state index < -0.39 is 23.0 Å². The van der Waals surface area contributed by atoms with Crippen LogP contribution in [0.15, 0.2) is 24.3 Å². The lowest BCUT2D eigenvalue weighted by molar-refractivity contribution is -0.170. The van der Waals surface area contributed by atoms with E-state index in [4.69, 9.17) is 10.5 Å². The van der Waals surface area contributed by atoms with Gasteiger partial charge in [0.15, 0.2) is 0 Å².